The summed E-state index contributed by atoms with van der Waals surface area (Å²) in [6.07, 6.45) is 5.72. The second-order valence-corrected chi connectivity index (χ2v) is 10.7. The third kappa shape index (κ3) is 5.12. The number of carbonyl (C=O) groups excluding carboxylic acids is 2. The van der Waals surface area contributed by atoms with Crippen LogP contribution in [-0.2, 0) is 10.0 Å². The molecule has 2 saturated heterocycles. The Balaban J connectivity index is 1.58. The lowest BCUT2D eigenvalue weighted by Crippen LogP contribution is -2.32. The summed E-state index contributed by atoms with van der Waals surface area (Å²) in [5.74, 6) is -0.541. The van der Waals surface area contributed by atoms with Gasteiger partial charge in [0.1, 0.15) is 0 Å². The molecular weight excluding hydrogens is 438 g/mol. The van der Waals surface area contributed by atoms with Crippen molar-refractivity contribution in [1.29, 1.82) is 0 Å². The van der Waals surface area contributed by atoms with E-state index in [4.69, 9.17) is 0 Å². The van der Waals surface area contributed by atoms with E-state index in [0.29, 0.717) is 29.9 Å². The molecule has 0 saturated carbocycles. The van der Waals surface area contributed by atoms with Gasteiger partial charge in [-0.2, -0.15) is 4.31 Å². The fourth-order valence-electron chi connectivity index (χ4n) is 4.50. The molecule has 4 rings (SSSR count). The van der Waals surface area contributed by atoms with Gasteiger partial charge in [0.25, 0.3) is 11.8 Å². The molecule has 2 aliphatic rings. The van der Waals surface area contributed by atoms with Crippen molar-refractivity contribution >= 4 is 27.5 Å². The highest BCUT2D eigenvalue weighted by Crippen LogP contribution is 2.25. The lowest BCUT2D eigenvalue weighted by Gasteiger charge is -2.21. The third-order valence-corrected chi connectivity index (χ3v) is 8.47. The van der Waals surface area contributed by atoms with Gasteiger partial charge in [-0.05, 0) is 62.4 Å². The van der Waals surface area contributed by atoms with Crippen molar-refractivity contribution in [1.82, 2.24) is 9.21 Å². The first-order valence-electron chi connectivity index (χ1n) is 11.7. The maximum Gasteiger partial charge on any atom is 0.255 e. The number of anilines is 1. The van der Waals surface area contributed by atoms with Gasteiger partial charge in [0.2, 0.25) is 10.0 Å². The molecular formula is C25H31N3O4S. The van der Waals surface area contributed by atoms with Crippen LogP contribution < -0.4 is 5.32 Å². The molecule has 2 aliphatic heterocycles. The molecule has 2 amide bonds. The van der Waals surface area contributed by atoms with E-state index >= 15 is 0 Å². The standard InChI is InChI=1S/C25H31N3O4S/c1-19-12-13-20(18-23(19)33(31,32)28-16-6-2-3-7-17-28)24(29)26-22-11-5-4-10-21(22)25(30)27-14-8-9-15-27/h4-5,10-13,18H,2-3,6-9,14-17H2,1H3,(H,26,29). The Hall–Kier alpha value is -2.71. The largest absolute Gasteiger partial charge is 0.339 e. The summed E-state index contributed by atoms with van der Waals surface area (Å²) in [6, 6.07) is 11.7. The third-order valence-electron chi connectivity index (χ3n) is 6.43. The van der Waals surface area contributed by atoms with Crippen molar-refractivity contribution in [2.45, 2.75) is 50.3 Å². The summed E-state index contributed by atoms with van der Waals surface area (Å²) in [5, 5.41) is 2.82. The number of sulfonamides is 1. The molecule has 0 aromatic heterocycles. The van der Waals surface area contributed by atoms with Crippen LogP contribution in [0.4, 0.5) is 5.69 Å². The maximum atomic E-state index is 13.3. The number of amides is 2. The van der Waals surface area contributed by atoms with E-state index in [2.05, 4.69) is 5.32 Å². The van der Waals surface area contributed by atoms with Gasteiger partial charge in [-0.3, -0.25) is 9.59 Å². The minimum Gasteiger partial charge on any atom is -0.339 e. The average Bonchev–Trinajstić information content (AvgIpc) is 3.20. The van der Waals surface area contributed by atoms with E-state index in [1.54, 1.807) is 48.2 Å². The molecule has 176 valence electrons. The van der Waals surface area contributed by atoms with Crippen LogP contribution in [-0.4, -0.2) is 55.6 Å². The predicted octanol–water partition coefficient (Wildman–Crippen LogP) is 4.05. The van der Waals surface area contributed by atoms with E-state index in [1.807, 2.05) is 0 Å². The van der Waals surface area contributed by atoms with Crippen LogP contribution in [0.25, 0.3) is 0 Å². The van der Waals surface area contributed by atoms with Gasteiger partial charge >= 0.3 is 0 Å². The van der Waals surface area contributed by atoms with Crippen molar-refractivity contribution in [2.24, 2.45) is 0 Å². The predicted molar refractivity (Wildman–Crippen MR) is 128 cm³/mol. The summed E-state index contributed by atoms with van der Waals surface area (Å²) < 4.78 is 28.2. The zero-order chi connectivity index (χ0) is 23.4. The molecule has 2 aromatic carbocycles. The van der Waals surface area contributed by atoms with Gasteiger partial charge in [0.05, 0.1) is 16.1 Å². The highest BCUT2D eigenvalue weighted by atomic mass is 32.2. The van der Waals surface area contributed by atoms with Crippen LogP contribution in [0.1, 0.15) is 64.8 Å². The van der Waals surface area contributed by atoms with E-state index in [-0.39, 0.29) is 16.4 Å². The summed E-state index contributed by atoms with van der Waals surface area (Å²) in [5.41, 5.74) is 1.73. The van der Waals surface area contributed by atoms with Gasteiger partial charge in [0, 0.05) is 31.7 Å². The van der Waals surface area contributed by atoms with E-state index in [0.717, 1.165) is 51.6 Å². The fraction of sp³-hybridized carbons (Fsp3) is 0.440. The molecule has 8 heteroatoms. The smallest absolute Gasteiger partial charge is 0.255 e. The number of aryl methyl sites for hydroxylation is 1. The van der Waals surface area contributed by atoms with Crippen LogP contribution in [0, 0.1) is 6.92 Å². The van der Waals surface area contributed by atoms with Crippen LogP contribution in [0.2, 0.25) is 0 Å². The number of nitrogens with one attached hydrogen (secondary N) is 1. The number of carbonyl (C=O) groups is 2. The van der Waals surface area contributed by atoms with Crippen molar-refractivity contribution in [3.63, 3.8) is 0 Å². The van der Waals surface area contributed by atoms with Gasteiger partial charge in [0.15, 0.2) is 0 Å². The summed E-state index contributed by atoms with van der Waals surface area (Å²) in [4.78, 5) is 28.0. The molecule has 0 atom stereocenters. The molecule has 0 unspecified atom stereocenters. The normalized spacial score (nSPS) is 17.5. The number of rotatable bonds is 5. The number of benzene rings is 2. The first-order valence-corrected chi connectivity index (χ1v) is 13.1. The minimum absolute atomic E-state index is 0.100. The van der Waals surface area contributed by atoms with Gasteiger partial charge in [-0.15, -0.1) is 0 Å². The van der Waals surface area contributed by atoms with Crippen molar-refractivity contribution in [2.75, 3.05) is 31.5 Å². The molecule has 1 N–H and O–H groups in total. The molecule has 0 spiro atoms. The van der Waals surface area contributed by atoms with Crippen molar-refractivity contribution in [3.05, 3.63) is 59.2 Å². The SMILES string of the molecule is Cc1ccc(C(=O)Nc2ccccc2C(=O)N2CCCC2)cc1S(=O)(=O)N1CCCCCC1. The zero-order valence-electron chi connectivity index (χ0n) is 19.0. The number of nitrogens with zero attached hydrogens (tertiary/aromatic N) is 2. The Labute approximate surface area is 195 Å². The number of hydrogen-bond acceptors (Lipinski definition) is 4. The molecule has 33 heavy (non-hydrogen) atoms. The summed E-state index contributed by atoms with van der Waals surface area (Å²) in [7, 11) is -3.69. The number of para-hydroxylation sites is 1. The van der Waals surface area contributed by atoms with Crippen LogP contribution in [0.15, 0.2) is 47.4 Å². The molecule has 0 radical (unpaired) electrons. The molecule has 2 aromatic rings. The van der Waals surface area contributed by atoms with E-state index < -0.39 is 15.9 Å². The first-order chi connectivity index (χ1) is 15.9. The molecule has 7 nitrogen and oxygen atoms in total. The first kappa shape index (κ1) is 23.4. The lowest BCUT2D eigenvalue weighted by atomic mass is 10.1. The summed E-state index contributed by atoms with van der Waals surface area (Å²) in [6.45, 7) is 4.19. The van der Waals surface area contributed by atoms with E-state index in [1.165, 1.54) is 10.4 Å². The minimum atomic E-state index is -3.69. The number of likely N-dealkylation sites (tertiary alicyclic amines) is 1. The van der Waals surface area contributed by atoms with E-state index in [9.17, 15) is 18.0 Å². The Morgan fingerprint density at radius 1 is 0.848 bits per heavy atom. The van der Waals surface area contributed by atoms with Gasteiger partial charge in [-0.1, -0.05) is 31.0 Å². The van der Waals surface area contributed by atoms with Gasteiger partial charge in [-0.25, -0.2) is 8.42 Å². The molecule has 0 bridgehead atoms. The molecule has 2 heterocycles. The van der Waals surface area contributed by atoms with Crippen LogP contribution >= 0.6 is 0 Å². The Kier molecular flexibility index (Phi) is 7.14. The highest BCUT2D eigenvalue weighted by Gasteiger charge is 2.28. The zero-order valence-corrected chi connectivity index (χ0v) is 19.9. The summed E-state index contributed by atoms with van der Waals surface area (Å²) >= 11 is 0. The second-order valence-electron chi connectivity index (χ2n) is 8.80. The topological polar surface area (TPSA) is 86.8 Å². The molecule has 0 aliphatic carbocycles. The Morgan fingerprint density at radius 2 is 1.48 bits per heavy atom. The van der Waals surface area contributed by atoms with Crippen molar-refractivity contribution in [3.8, 4) is 0 Å². The fourth-order valence-corrected chi connectivity index (χ4v) is 6.27. The highest BCUT2D eigenvalue weighted by molar-refractivity contribution is 7.89. The van der Waals surface area contributed by atoms with Gasteiger partial charge < -0.3 is 10.2 Å². The lowest BCUT2D eigenvalue weighted by molar-refractivity contribution is 0.0794. The second kappa shape index (κ2) is 10.1. The number of hydrogen-bond donors (Lipinski definition) is 1. The van der Waals surface area contributed by atoms with Crippen molar-refractivity contribution < 1.29 is 18.0 Å². The average molecular weight is 470 g/mol. The Bertz CT molecular complexity index is 1130. The molecule has 2 fully saturated rings. The maximum absolute atomic E-state index is 13.3. The van der Waals surface area contributed by atoms with Crippen LogP contribution in [0.5, 0.6) is 0 Å². The Morgan fingerprint density at radius 3 is 2.18 bits per heavy atom. The monoisotopic (exact) mass is 469 g/mol. The quantitative estimate of drug-likeness (QED) is 0.716. The van der Waals surface area contributed by atoms with Crippen LogP contribution in [0.3, 0.4) is 0 Å².